The molecule has 1 heterocycles. The van der Waals surface area contributed by atoms with Crippen molar-refractivity contribution in [1.29, 1.82) is 0 Å². The minimum absolute atomic E-state index is 0.102. The van der Waals surface area contributed by atoms with Crippen LogP contribution >= 0.6 is 0 Å². The third kappa shape index (κ3) is 4.69. The fourth-order valence-electron chi connectivity index (χ4n) is 1.68. The minimum atomic E-state index is -4.36. The maximum absolute atomic E-state index is 12.4. The molecule has 2 rings (SSSR count). The number of hydrogen-bond donors (Lipinski definition) is 1. The lowest BCUT2D eigenvalue weighted by atomic mass is 10.1. The van der Waals surface area contributed by atoms with Crippen molar-refractivity contribution in [2.75, 3.05) is 0 Å². The monoisotopic (exact) mass is 308 g/mol. The number of alkyl halides is 3. The van der Waals surface area contributed by atoms with Crippen molar-refractivity contribution in [2.24, 2.45) is 5.10 Å². The zero-order valence-corrected chi connectivity index (χ0v) is 11.4. The van der Waals surface area contributed by atoms with Crippen molar-refractivity contribution in [3.8, 4) is 0 Å². The van der Waals surface area contributed by atoms with Gasteiger partial charge in [0.1, 0.15) is 0 Å². The molecular formula is C15H13F3N3O+. The first-order valence-electron chi connectivity index (χ1n) is 6.38. The third-order valence-corrected chi connectivity index (χ3v) is 2.74. The van der Waals surface area contributed by atoms with E-state index in [2.05, 4.69) is 10.5 Å². The van der Waals surface area contributed by atoms with Gasteiger partial charge in [-0.3, -0.25) is 4.79 Å². The average molecular weight is 308 g/mol. The summed E-state index contributed by atoms with van der Waals surface area (Å²) in [5, 5.41) is 3.71. The number of hydrazone groups is 1. The Hall–Kier alpha value is -2.70. The maximum Gasteiger partial charge on any atom is 0.416 e. The highest BCUT2D eigenvalue weighted by Gasteiger charge is 2.29. The summed E-state index contributed by atoms with van der Waals surface area (Å²) in [5.41, 5.74) is 2.04. The van der Waals surface area contributed by atoms with Gasteiger partial charge in [0, 0.05) is 12.1 Å². The van der Waals surface area contributed by atoms with Gasteiger partial charge in [0.15, 0.2) is 12.4 Å². The van der Waals surface area contributed by atoms with Crippen molar-refractivity contribution >= 4 is 12.1 Å². The molecule has 22 heavy (non-hydrogen) atoms. The number of rotatable bonds is 4. The predicted octanol–water partition coefficient (Wildman–Crippen LogP) is 2.14. The van der Waals surface area contributed by atoms with E-state index in [1.54, 1.807) is 29.1 Å². The second-order valence-corrected chi connectivity index (χ2v) is 4.46. The number of carbonyl (C=O) groups excluding carboxylic acids is 1. The standard InChI is InChI=1S/C15H12F3N3O/c16-15(17,18)13-6-4-12(5-7-13)10-19-20-14(22)11-21-8-2-1-3-9-21/h1-10H,11H2/p+1/b19-10-. The van der Waals surface area contributed by atoms with E-state index < -0.39 is 11.7 Å². The van der Waals surface area contributed by atoms with Gasteiger partial charge in [-0.25, -0.2) is 5.43 Å². The van der Waals surface area contributed by atoms with Gasteiger partial charge in [-0.1, -0.05) is 18.2 Å². The Bertz CT molecular complexity index is 652. The second-order valence-electron chi connectivity index (χ2n) is 4.46. The largest absolute Gasteiger partial charge is 0.416 e. The van der Waals surface area contributed by atoms with Crippen LogP contribution in [-0.2, 0) is 17.5 Å². The van der Waals surface area contributed by atoms with Crippen LogP contribution in [0.25, 0.3) is 0 Å². The molecule has 0 fully saturated rings. The van der Waals surface area contributed by atoms with Gasteiger partial charge in [-0.15, -0.1) is 0 Å². The van der Waals surface area contributed by atoms with Crippen LogP contribution in [-0.4, -0.2) is 12.1 Å². The van der Waals surface area contributed by atoms with Crippen LogP contribution in [0.15, 0.2) is 60.0 Å². The summed E-state index contributed by atoms with van der Waals surface area (Å²) in [4.78, 5) is 11.6. The normalized spacial score (nSPS) is 11.6. The first-order valence-corrected chi connectivity index (χ1v) is 6.38. The van der Waals surface area contributed by atoms with Crippen molar-refractivity contribution in [3.63, 3.8) is 0 Å². The first-order chi connectivity index (χ1) is 10.4. The Kier molecular flexibility index (Phi) is 4.88. The van der Waals surface area contributed by atoms with Crippen LogP contribution in [0.3, 0.4) is 0 Å². The molecule has 0 aliphatic rings. The predicted molar refractivity (Wildman–Crippen MR) is 73.8 cm³/mol. The van der Waals surface area contributed by atoms with Crippen LogP contribution in [0.2, 0.25) is 0 Å². The smallest absolute Gasteiger partial charge is 0.266 e. The van der Waals surface area contributed by atoms with E-state index in [4.69, 9.17) is 0 Å². The van der Waals surface area contributed by atoms with Gasteiger partial charge in [-0.2, -0.15) is 22.8 Å². The van der Waals surface area contributed by atoms with E-state index in [9.17, 15) is 18.0 Å². The molecule has 0 radical (unpaired) electrons. The number of aromatic nitrogens is 1. The summed E-state index contributed by atoms with van der Waals surface area (Å²) in [7, 11) is 0. The molecule has 0 saturated carbocycles. The van der Waals surface area contributed by atoms with E-state index in [1.165, 1.54) is 18.3 Å². The quantitative estimate of drug-likeness (QED) is 0.525. The molecule has 0 unspecified atom stereocenters. The van der Waals surface area contributed by atoms with E-state index >= 15 is 0 Å². The highest BCUT2D eigenvalue weighted by Crippen LogP contribution is 2.28. The number of pyridine rings is 1. The molecule has 7 heteroatoms. The molecule has 0 saturated heterocycles. The lowest BCUT2D eigenvalue weighted by Gasteiger charge is -2.05. The zero-order chi connectivity index (χ0) is 16.0. The van der Waals surface area contributed by atoms with Crippen LogP contribution < -0.4 is 9.99 Å². The molecule has 0 aliphatic heterocycles. The Morgan fingerprint density at radius 1 is 1.14 bits per heavy atom. The molecule has 1 aromatic heterocycles. The number of nitrogens with zero attached hydrogens (tertiary/aromatic N) is 2. The lowest BCUT2D eigenvalue weighted by Crippen LogP contribution is -2.40. The number of nitrogens with one attached hydrogen (secondary N) is 1. The van der Waals surface area contributed by atoms with Crippen LogP contribution in [0.4, 0.5) is 13.2 Å². The topological polar surface area (TPSA) is 45.3 Å². The van der Waals surface area contributed by atoms with Gasteiger partial charge >= 0.3 is 12.1 Å². The molecule has 2 aromatic rings. The highest BCUT2D eigenvalue weighted by molar-refractivity contribution is 5.82. The minimum Gasteiger partial charge on any atom is -0.266 e. The van der Waals surface area contributed by atoms with Gasteiger partial charge in [0.2, 0.25) is 6.54 Å². The summed E-state index contributed by atoms with van der Waals surface area (Å²) in [6.45, 7) is 0.102. The Labute approximate surface area is 124 Å². The summed E-state index contributed by atoms with van der Waals surface area (Å²) in [6.07, 6.45) is 0.392. The molecule has 0 aliphatic carbocycles. The van der Waals surface area contributed by atoms with Crippen LogP contribution in [0, 0.1) is 0 Å². The van der Waals surface area contributed by atoms with E-state index in [1.807, 2.05) is 6.07 Å². The van der Waals surface area contributed by atoms with Gasteiger partial charge in [0.05, 0.1) is 11.8 Å². The summed E-state index contributed by atoms with van der Waals surface area (Å²) in [5.74, 6) is -0.334. The van der Waals surface area contributed by atoms with Crippen molar-refractivity contribution in [1.82, 2.24) is 5.43 Å². The fourth-order valence-corrected chi connectivity index (χ4v) is 1.68. The number of hydrogen-bond acceptors (Lipinski definition) is 2. The van der Waals surface area contributed by atoms with Crippen molar-refractivity contribution in [2.45, 2.75) is 12.7 Å². The van der Waals surface area contributed by atoms with Crippen LogP contribution in [0.1, 0.15) is 11.1 Å². The third-order valence-electron chi connectivity index (χ3n) is 2.74. The number of carbonyl (C=O) groups is 1. The maximum atomic E-state index is 12.4. The molecule has 1 amide bonds. The molecule has 1 aromatic carbocycles. The van der Waals surface area contributed by atoms with Crippen molar-refractivity contribution in [3.05, 3.63) is 66.0 Å². The fraction of sp³-hybridized carbons (Fsp3) is 0.133. The van der Waals surface area contributed by atoms with Gasteiger partial charge in [0.25, 0.3) is 0 Å². The molecule has 0 bridgehead atoms. The van der Waals surface area contributed by atoms with Gasteiger partial charge in [-0.05, 0) is 17.7 Å². The first kappa shape index (κ1) is 15.7. The SMILES string of the molecule is O=C(C[n+]1ccccc1)N/N=C\c1ccc(C(F)(F)F)cc1. The van der Waals surface area contributed by atoms with Crippen molar-refractivity contribution < 1.29 is 22.5 Å². The van der Waals surface area contributed by atoms with E-state index in [0.717, 1.165) is 12.1 Å². The highest BCUT2D eigenvalue weighted by atomic mass is 19.4. The Morgan fingerprint density at radius 2 is 1.77 bits per heavy atom. The molecule has 0 spiro atoms. The number of benzene rings is 1. The van der Waals surface area contributed by atoms with Crippen LogP contribution in [0.5, 0.6) is 0 Å². The number of halogens is 3. The Morgan fingerprint density at radius 3 is 2.36 bits per heavy atom. The number of amides is 1. The molecule has 114 valence electrons. The van der Waals surface area contributed by atoms with Gasteiger partial charge < -0.3 is 0 Å². The molecule has 4 nitrogen and oxygen atoms in total. The van der Waals surface area contributed by atoms with E-state index in [0.29, 0.717) is 5.56 Å². The zero-order valence-electron chi connectivity index (χ0n) is 11.4. The second kappa shape index (κ2) is 6.84. The lowest BCUT2D eigenvalue weighted by molar-refractivity contribution is -0.684. The molecule has 0 atom stereocenters. The molecular weight excluding hydrogens is 295 g/mol. The van der Waals surface area contributed by atoms with E-state index in [-0.39, 0.29) is 12.5 Å². The summed E-state index contributed by atoms with van der Waals surface area (Å²) < 4.78 is 38.8. The summed E-state index contributed by atoms with van der Waals surface area (Å²) >= 11 is 0. The molecule has 1 N–H and O–H groups in total. The average Bonchev–Trinajstić information content (AvgIpc) is 2.48. The Balaban J connectivity index is 1.88. The summed E-state index contributed by atoms with van der Waals surface area (Å²) in [6, 6.07) is 9.90.